The number of nitrogens with two attached hydrogens (primary N) is 2. The molecule has 0 saturated carbocycles. The summed E-state index contributed by atoms with van der Waals surface area (Å²) in [7, 11) is 0. The minimum atomic E-state index is -0.397. The van der Waals surface area contributed by atoms with E-state index in [1.807, 2.05) is 24.3 Å². The molecule has 0 aliphatic carbocycles. The maximum absolute atomic E-state index is 12.9. The first-order valence-electron chi connectivity index (χ1n) is 7.73. The number of hydrazone groups is 1. The highest BCUT2D eigenvalue weighted by Gasteiger charge is 2.04. The van der Waals surface area contributed by atoms with Gasteiger partial charge in [0.05, 0.1) is 12.6 Å². The SMILES string of the molecule is CC(O)CNSc1ccc(/C(N)=N/N(N)Cc2ccc(F)cc2)cc1. The molecule has 134 valence electrons. The first-order valence-corrected chi connectivity index (χ1v) is 8.54. The zero-order chi connectivity index (χ0) is 18.2. The Morgan fingerprint density at radius 3 is 2.48 bits per heavy atom. The molecule has 2 aromatic carbocycles. The molecule has 25 heavy (non-hydrogen) atoms. The number of aliphatic hydroxyl groups excluding tert-OH is 1. The third kappa shape index (κ3) is 6.71. The Hall–Kier alpha value is -2.13. The van der Waals surface area contributed by atoms with E-state index in [1.165, 1.54) is 29.2 Å². The molecule has 0 amide bonds. The Morgan fingerprint density at radius 1 is 1.24 bits per heavy atom. The zero-order valence-electron chi connectivity index (χ0n) is 13.9. The normalized spacial score (nSPS) is 12.9. The second kappa shape index (κ2) is 9.38. The Labute approximate surface area is 150 Å². The van der Waals surface area contributed by atoms with E-state index in [2.05, 4.69) is 9.82 Å². The molecule has 2 rings (SSSR count). The van der Waals surface area contributed by atoms with E-state index in [0.717, 1.165) is 16.0 Å². The molecule has 8 heteroatoms. The molecule has 0 aromatic heterocycles. The molecule has 0 saturated heterocycles. The summed E-state index contributed by atoms with van der Waals surface area (Å²) < 4.78 is 16.0. The monoisotopic (exact) mass is 363 g/mol. The molecule has 0 radical (unpaired) electrons. The van der Waals surface area contributed by atoms with E-state index in [4.69, 9.17) is 11.6 Å². The summed E-state index contributed by atoms with van der Waals surface area (Å²) in [4.78, 5) is 0.994. The molecule has 0 spiro atoms. The second-order valence-corrected chi connectivity index (χ2v) is 6.50. The summed E-state index contributed by atoms with van der Waals surface area (Å²) in [6.45, 7) is 2.54. The van der Waals surface area contributed by atoms with Gasteiger partial charge in [0.1, 0.15) is 5.82 Å². The van der Waals surface area contributed by atoms with Gasteiger partial charge in [-0.1, -0.05) is 24.3 Å². The van der Waals surface area contributed by atoms with Gasteiger partial charge in [-0.05, 0) is 48.7 Å². The van der Waals surface area contributed by atoms with Crippen LogP contribution < -0.4 is 16.3 Å². The number of aliphatic hydroxyl groups is 1. The van der Waals surface area contributed by atoms with Crippen molar-refractivity contribution >= 4 is 17.8 Å². The van der Waals surface area contributed by atoms with Crippen molar-refractivity contribution in [2.45, 2.75) is 24.5 Å². The zero-order valence-corrected chi connectivity index (χ0v) is 14.7. The Bertz CT molecular complexity index is 691. The smallest absolute Gasteiger partial charge is 0.152 e. The van der Waals surface area contributed by atoms with Crippen LogP contribution in [0.2, 0.25) is 0 Å². The Morgan fingerprint density at radius 2 is 1.88 bits per heavy atom. The van der Waals surface area contributed by atoms with E-state index in [-0.39, 0.29) is 11.7 Å². The first-order chi connectivity index (χ1) is 11.9. The quantitative estimate of drug-likeness (QED) is 0.188. The van der Waals surface area contributed by atoms with Gasteiger partial charge in [0.2, 0.25) is 0 Å². The van der Waals surface area contributed by atoms with Crippen LogP contribution in [-0.2, 0) is 6.54 Å². The Balaban J connectivity index is 1.92. The predicted molar refractivity (Wildman–Crippen MR) is 98.8 cm³/mol. The van der Waals surface area contributed by atoms with Crippen LogP contribution >= 0.6 is 11.9 Å². The van der Waals surface area contributed by atoms with Crippen LogP contribution in [0.4, 0.5) is 4.39 Å². The molecular formula is C17H22FN5OS. The van der Waals surface area contributed by atoms with Crippen molar-refractivity contribution < 1.29 is 9.50 Å². The molecule has 0 aliphatic rings. The van der Waals surface area contributed by atoms with Gasteiger partial charge in [-0.3, -0.25) is 4.72 Å². The molecule has 2 aromatic rings. The highest BCUT2D eigenvalue weighted by molar-refractivity contribution is 7.97. The number of hydrazine groups is 1. The summed E-state index contributed by atoms with van der Waals surface area (Å²) in [5.41, 5.74) is 7.55. The van der Waals surface area contributed by atoms with E-state index < -0.39 is 6.10 Å². The van der Waals surface area contributed by atoms with Crippen LogP contribution in [0, 0.1) is 5.82 Å². The lowest BCUT2D eigenvalue weighted by Gasteiger charge is -2.14. The van der Waals surface area contributed by atoms with Crippen molar-refractivity contribution in [3.63, 3.8) is 0 Å². The van der Waals surface area contributed by atoms with Crippen molar-refractivity contribution in [1.82, 2.24) is 9.84 Å². The van der Waals surface area contributed by atoms with E-state index in [9.17, 15) is 9.50 Å². The first kappa shape index (κ1) is 19.2. The van der Waals surface area contributed by atoms with E-state index >= 15 is 0 Å². The topological polar surface area (TPSA) is 99.9 Å². The second-order valence-electron chi connectivity index (χ2n) is 5.53. The number of benzene rings is 2. The van der Waals surface area contributed by atoms with Gasteiger partial charge >= 0.3 is 0 Å². The Kier molecular flexibility index (Phi) is 7.20. The molecule has 1 unspecified atom stereocenters. The standard InChI is InChI=1S/C17H22FN5OS/c1-12(24)10-21-25-16-8-4-14(5-9-16)17(19)22-23(20)11-13-2-6-15(18)7-3-13/h2-9,12,21,24H,10-11,20H2,1H3,(H2,19,22). The number of nitrogens with one attached hydrogen (secondary N) is 1. The summed E-state index contributed by atoms with van der Waals surface area (Å²) in [5, 5.41) is 14.6. The maximum Gasteiger partial charge on any atom is 0.152 e. The van der Waals surface area contributed by atoms with Gasteiger partial charge in [-0.25, -0.2) is 15.4 Å². The number of hydrogen-bond acceptors (Lipinski definition) is 6. The average molecular weight is 363 g/mol. The van der Waals surface area contributed by atoms with Crippen LogP contribution in [0.5, 0.6) is 0 Å². The van der Waals surface area contributed by atoms with Gasteiger partial charge in [-0.2, -0.15) is 0 Å². The number of amidine groups is 1. The third-order valence-corrected chi connectivity index (χ3v) is 4.03. The lowest BCUT2D eigenvalue weighted by Crippen LogP contribution is -2.29. The highest BCUT2D eigenvalue weighted by atomic mass is 32.2. The highest BCUT2D eigenvalue weighted by Crippen LogP contribution is 2.15. The molecule has 0 fully saturated rings. The van der Waals surface area contributed by atoms with Crippen LogP contribution in [0.25, 0.3) is 0 Å². The van der Waals surface area contributed by atoms with Gasteiger partial charge in [0.25, 0.3) is 0 Å². The molecule has 1 atom stereocenters. The fourth-order valence-electron chi connectivity index (χ4n) is 1.95. The lowest BCUT2D eigenvalue weighted by atomic mass is 10.2. The van der Waals surface area contributed by atoms with Crippen LogP contribution in [0.3, 0.4) is 0 Å². The summed E-state index contributed by atoms with van der Waals surface area (Å²) in [5.74, 6) is 5.84. The van der Waals surface area contributed by atoms with Crippen molar-refractivity contribution in [2.75, 3.05) is 6.54 Å². The van der Waals surface area contributed by atoms with Crippen LogP contribution in [0.1, 0.15) is 18.1 Å². The third-order valence-electron chi connectivity index (χ3n) is 3.21. The molecular weight excluding hydrogens is 341 g/mol. The van der Waals surface area contributed by atoms with E-state index in [0.29, 0.717) is 13.1 Å². The average Bonchev–Trinajstić information content (AvgIpc) is 2.57. The minimum absolute atomic E-state index is 0.290. The number of halogens is 1. The largest absolute Gasteiger partial charge is 0.392 e. The summed E-state index contributed by atoms with van der Waals surface area (Å²) in [6, 6.07) is 13.5. The van der Waals surface area contributed by atoms with Gasteiger partial charge in [0.15, 0.2) is 5.84 Å². The fourth-order valence-corrected chi connectivity index (χ4v) is 2.71. The van der Waals surface area contributed by atoms with Crippen molar-refractivity contribution in [2.24, 2.45) is 16.7 Å². The van der Waals surface area contributed by atoms with E-state index in [1.54, 1.807) is 19.1 Å². The van der Waals surface area contributed by atoms with Gasteiger partial charge in [0, 0.05) is 17.0 Å². The fraction of sp³-hybridized carbons (Fsp3) is 0.235. The predicted octanol–water partition coefficient (Wildman–Crippen LogP) is 1.80. The van der Waals surface area contributed by atoms with Crippen molar-refractivity contribution in [3.05, 3.63) is 65.5 Å². The number of hydrogen-bond donors (Lipinski definition) is 4. The summed E-state index contributed by atoms with van der Waals surface area (Å²) in [6.07, 6.45) is -0.397. The van der Waals surface area contributed by atoms with Gasteiger partial charge < -0.3 is 10.8 Å². The summed E-state index contributed by atoms with van der Waals surface area (Å²) >= 11 is 1.43. The molecule has 0 aliphatic heterocycles. The number of rotatable bonds is 8. The number of nitrogens with zero attached hydrogens (tertiary/aromatic N) is 2. The van der Waals surface area contributed by atoms with Crippen LogP contribution in [0.15, 0.2) is 58.5 Å². The molecule has 6 nitrogen and oxygen atoms in total. The molecule has 6 N–H and O–H groups in total. The lowest BCUT2D eigenvalue weighted by molar-refractivity contribution is 0.200. The van der Waals surface area contributed by atoms with Crippen molar-refractivity contribution in [3.8, 4) is 0 Å². The molecule has 0 heterocycles. The maximum atomic E-state index is 12.9. The van der Waals surface area contributed by atoms with Crippen molar-refractivity contribution in [1.29, 1.82) is 0 Å². The molecule has 0 bridgehead atoms. The minimum Gasteiger partial charge on any atom is -0.392 e. The van der Waals surface area contributed by atoms with Gasteiger partial charge in [-0.15, -0.1) is 5.10 Å². The van der Waals surface area contributed by atoms with Crippen LogP contribution in [-0.4, -0.2) is 28.7 Å².